The van der Waals surface area contributed by atoms with Crippen molar-refractivity contribution in [3.63, 3.8) is 0 Å². The van der Waals surface area contributed by atoms with Gasteiger partial charge in [-0.25, -0.2) is 0 Å². The number of ether oxygens (including phenoxy) is 2. The van der Waals surface area contributed by atoms with Crippen LogP contribution < -0.4 is 14.8 Å². The van der Waals surface area contributed by atoms with Gasteiger partial charge >= 0.3 is 0 Å². The number of methoxy groups -OCH3 is 1. The average Bonchev–Trinajstić information content (AvgIpc) is 2.61. The fraction of sp³-hybridized carbons (Fsp3) is 0.316. The van der Waals surface area contributed by atoms with Crippen LogP contribution in [-0.4, -0.2) is 45.2 Å². The standard InChI is InChI=1S/C19H23ClN2O3/c1-22(2)16(14-8-4-5-9-15(14)20)12-21-19(23)13-25-18-11-7-6-10-17(18)24-3/h4-11,16H,12-13H2,1-3H3,(H,21,23). The van der Waals surface area contributed by atoms with E-state index in [9.17, 15) is 4.79 Å². The van der Waals surface area contributed by atoms with Crippen molar-refractivity contribution < 1.29 is 14.3 Å². The lowest BCUT2D eigenvalue weighted by Crippen LogP contribution is -2.37. The number of likely N-dealkylation sites (N-methyl/N-ethyl adjacent to an activating group) is 1. The van der Waals surface area contributed by atoms with Crippen molar-refractivity contribution >= 4 is 17.5 Å². The van der Waals surface area contributed by atoms with Crippen molar-refractivity contribution in [1.29, 1.82) is 0 Å². The summed E-state index contributed by atoms with van der Waals surface area (Å²) in [6, 6.07) is 14.8. The Morgan fingerprint density at radius 1 is 1.12 bits per heavy atom. The molecule has 1 N–H and O–H groups in total. The van der Waals surface area contributed by atoms with Crippen molar-refractivity contribution in [2.45, 2.75) is 6.04 Å². The van der Waals surface area contributed by atoms with Crippen molar-refractivity contribution in [3.8, 4) is 11.5 Å². The first kappa shape index (κ1) is 19.1. The predicted octanol–water partition coefficient (Wildman–Crippen LogP) is 3.15. The van der Waals surface area contributed by atoms with Crippen LogP contribution in [0.25, 0.3) is 0 Å². The molecule has 2 rings (SSSR count). The number of amides is 1. The summed E-state index contributed by atoms with van der Waals surface area (Å²) in [4.78, 5) is 14.1. The quantitative estimate of drug-likeness (QED) is 0.783. The zero-order valence-corrected chi connectivity index (χ0v) is 15.4. The third-order valence-electron chi connectivity index (χ3n) is 3.81. The highest BCUT2D eigenvalue weighted by Crippen LogP contribution is 2.26. The highest BCUT2D eigenvalue weighted by molar-refractivity contribution is 6.31. The third kappa shape index (κ3) is 5.37. The molecule has 0 radical (unpaired) electrons. The van der Waals surface area contributed by atoms with Crippen LogP contribution in [0.4, 0.5) is 0 Å². The molecule has 0 aliphatic rings. The monoisotopic (exact) mass is 362 g/mol. The molecule has 134 valence electrons. The van der Waals surface area contributed by atoms with E-state index in [-0.39, 0.29) is 18.6 Å². The second kappa shape index (κ2) is 9.30. The molecule has 25 heavy (non-hydrogen) atoms. The smallest absolute Gasteiger partial charge is 0.258 e. The molecule has 0 saturated carbocycles. The molecule has 0 spiro atoms. The number of hydrogen-bond acceptors (Lipinski definition) is 4. The van der Waals surface area contributed by atoms with E-state index >= 15 is 0 Å². The van der Waals surface area contributed by atoms with Crippen molar-refractivity contribution in [3.05, 3.63) is 59.1 Å². The van der Waals surface area contributed by atoms with E-state index < -0.39 is 0 Å². The highest BCUT2D eigenvalue weighted by Gasteiger charge is 2.18. The first-order valence-electron chi connectivity index (χ1n) is 7.96. The Labute approximate surface area is 153 Å². The minimum absolute atomic E-state index is 0.0242. The van der Waals surface area contributed by atoms with Crippen molar-refractivity contribution in [1.82, 2.24) is 10.2 Å². The number of para-hydroxylation sites is 2. The Bertz CT molecular complexity index is 707. The second-order valence-electron chi connectivity index (χ2n) is 5.74. The highest BCUT2D eigenvalue weighted by atomic mass is 35.5. The topological polar surface area (TPSA) is 50.8 Å². The molecule has 1 atom stereocenters. The number of benzene rings is 2. The minimum atomic E-state index is -0.204. The summed E-state index contributed by atoms with van der Waals surface area (Å²) in [5.74, 6) is 0.928. The maximum atomic E-state index is 12.1. The molecule has 0 bridgehead atoms. The van der Waals surface area contributed by atoms with E-state index in [1.165, 1.54) is 0 Å². The molecule has 0 aliphatic heterocycles. The molecule has 0 heterocycles. The maximum Gasteiger partial charge on any atom is 0.258 e. The van der Waals surface area contributed by atoms with Gasteiger partial charge in [-0.2, -0.15) is 0 Å². The van der Waals surface area contributed by atoms with Gasteiger partial charge in [-0.15, -0.1) is 0 Å². The van der Waals surface area contributed by atoms with Crippen molar-refractivity contribution in [2.75, 3.05) is 34.4 Å². The summed E-state index contributed by atoms with van der Waals surface area (Å²) < 4.78 is 10.7. The lowest BCUT2D eigenvalue weighted by atomic mass is 10.1. The number of halogens is 1. The molecule has 2 aromatic rings. The van der Waals surface area contributed by atoms with Crippen LogP contribution in [0.5, 0.6) is 11.5 Å². The van der Waals surface area contributed by atoms with E-state index in [0.717, 1.165) is 5.56 Å². The molecular formula is C19H23ClN2O3. The summed E-state index contributed by atoms with van der Waals surface area (Å²) in [5, 5.41) is 3.57. The van der Waals surface area contributed by atoms with E-state index in [1.54, 1.807) is 19.2 Å². The van der Waals surface area contributed by atoms with Crippen LogP contribution in [-0.2, 0) is 4.79 Å². The van der Waals surface area contributed by atoms with Gasteiger partial charge in [0.2, 0.25) is 0 Å². The number of carbonyl (C=O) groups is 1. The van der Waals surface area contributed by atoms with Gasteiger partial charge in [-0.05, 0) is 37.9 Å². The molecule has 5 nitrogen and oxygen atoms in total. The van der Waals surface area contributed by atoms with E-state index in [0.29, 0.717) is 23.1 Å². The summed E-state index contributed by atoms with van der Waals surface area (Å²) in [7, 11) is 5.46. The summed E-state index contributed by atoms with van der Waals surface area (Å²) in [6.07, 6.45) is 0. The molecule has 1 unspecified atom stereocenters. The van der Waals surface area contributed by atoms with E-state index in [2.05, 4.69) is 5.32 Å². The fourth-order valence-corrected chi connectivity index (χ4v) is 2.72. The molecule has 6 heteroatoms. The van der Waals surface area contributed by atoms with Crippen LogP contribution in [0.3, 0.4) is 0 Å². The Morgan fingerprint density at radius 2 is 1.76 bits per heavy atom. The summed E-state index contributed by atoms with van der Waals surface area (Å²) in [5.41, 5.74) is 0.972. The van der Waals surface area contributed by atoms with Gasteiger partial charge in [0.15, 0.2) is 18.1 Å². The first-order chi connectivity index (χ1) is 12.0. The lowest BCUT2D eigenvalue weighted by Gasteiger charge is -2.26. The Hall–Kier alpha value is -2.24. The van der Waals surface area contributed by atoms with Crippen LogP contribution in [0.15, 0.2) is 48.5 Å². The molecule has 0 aliphatic carbocycles. The molecular weight excluding hydrogens is 340 g/mol. The molecule has 2 aromatic carbocycles. The maximum absolute atomic E-state index is 12.1. The van der Waals surface area contributed by atoms with Crippen molar-refractivity contribution in [2.24, 2.45) is 0 Å². The number of hydrogen-bond donors (Lipinski definition) is 1. The lowest BCUT2D eigenvalue weighted by molar-refractivity contribution is -0.123. The first-order valence-corrected chi connectivity index (χ1v) is 8.34. The van der Waals surface area contributed by atoms with Gasteiger partial charge in [0.1, 0.15) is 0 Å². The van der Waals surface area contributed by atoms with Gasteiger partial charge in [-0.1, -0.05) is 41.9 Å². The SMILES string of the molecule is COc1ccccc1OCC(=O)NCC(c1ccccc1Cl)N(C)C. The minimum Gasteiger partial charge on any atom is -0.493 e. The fourth-order valence-electron chi connectivity index (χ4n) is 2.46. The van der Waals surface area contributed by atoms with Gasteiger partial charge in [-0.3, -0.25) is 4.79 Å². The number of carbonyl (C=O) groups excluding carboxylic acids is 1. The zero-order chi connectivity index (χ0) is 18.2. The van der Waals surface area contributed by atoms with Crippen LogP contribution in [0.1, 0.15) is 11.6 Å². The zero-order valence-electron chi connectivity index (χ0n) is 14.7. The van der Waals surface area contributed by atoms with Gasteiger partial charge in [0, 0.05) is 11.6 Å². The van der Waals surface area contributed by atoms with Crippen LogP contribution >= 0.6 is 11.6 Å². The van der Waals surface area contributed by atoms with Gasteiger partial charge < -0.3 is 19.7 Å². The van der Waals surface area contributed by atoms with Crippen LogP contribution in [0, 0.1) is 0 Å². The van der Waals surface area contributed by atoms with Gasteiger partial charge in [0.05, 0.1) is 13.2 Å². The molecule has 0 fully saturated rings. The Balaban J connectivity index is 1.92. The summed E-state index contributed by atoms with van der Waals surface area (Å²) >= 11 is 6.27. The number of nitrogens with one attached hydrogen (secondary N) is 1. The molecule has 0 saturated heterocycles. The van der Waals surface area contributed by atoms with Gasteiger partial charge in [0.25, 0.3) is 5.91 Å². The molecule has 1 amide bonds. The third-order valence-corrected chi connectivity index (χ3v) is 4.15. The Kier molecular flexibility index (Phi) is 7.10. The molecule has 0 aromatic heterocycles. The number of rotatable bonds is 8. The predicted molar refractivity (Wildman–Crippen MR) is 99.4 cm³/mol. The normalized spacial score (nSPS) is 11.9. The largest absolute Gasteiger partial charge is 0.493 e. The second-order valence-corrected chi connectivity index (χ2v) is 6.15. The average molecular weight is 363 g/mol. The van der Waals surface area contributed by atoms with Crippen LogP contribution in [0.2, 0.25) is 5.02 Å². The van der Waals surface area contributed by atoms with E-state index in [1.807, 2.05) is 55.4 Å². The number of nitrogens with zero attached hydrogens (tertiary/aromatic N) is 1. The summed E-state index contributed by atoms with van der Waals surface area (Å²) in [6.45, 7) is 0.355. The Morgan fingerprint density at radius 3 is 2.40 bits per heavy atom. The van der Waals surface area contributed by atoms with E-state index in [4.69, 9.17) is 21.1 Å².